The number of benzene rings is 1. The summed E-state index contributed by atoms with van der Waals surface area (Å²) in [5.41, 5.74) is 2.62. The first-order chi connectivity index (χ1) is 10.5. The summed E-state index contributed by atoms with van der Waals surface area (Å²) in [4.78, 5) is 37.3. The molecule has 1 aromatic rings. The second kappa shape index (κ2) is 5.44. The number of nitrogens with one attached hydrogen (secondary N) is 2. The minimum Gasteiger partial charge on any atom is -0.383 e. The molecule has 0 saturated carbocycles. The molecule has 2 aliphatic rings. The molecule has 2 heterocycles. The summed E-state index contributed by atoms with van der Waals surface area (Å²) in [5, 5.41) is 5.65. The van der Waals surface area contributed by atoms with E-state index in [1.165, 1.54) is 0 Å². The summed E-state index contributed by atoms with van der Waals surface area (Å²) < 4.78 is 0. The molecular weight excluding hydrogens is 282 g/mol. The molecule has 0 aliphatic carbocycles. The Morgan fingerprint density at radius 1 is 1.27 bits per heavy atom. The molecule has 0 aromatic heterocycles. The number of amides is 3. The van der Waals surface area contributed by atoms with Crippen LogP contribution in [-0.4, -0.2) is 29.8 Å². The number of piperidine rings is 1. The molecule has 1 atom stereocenters. The highest BCUT2D eigenvalue weighted by atomic mass is 16.2. The molecule has 2 N–H and O–H groups in total. The van der Waals surface area contributed by atoms with Crippen molar-refractivity contribution in [2.75, 3.05) is 10.2 Å². The van der Waals surface area contributed by atoms with Crippen LogP contribution in [0.25, 0.3) is 0 Å². The van der Waals surface area contributed by atoms with Gasteiger partial charge in [-0.3, -0.25) is 24.6 Å². The summed E-state index contributed by atoms with van der Waals surface area (Å²) >= 11 is 0. The molecule has 1 fully saturated rings. The van der Waals surface area contributed by atoms with Gasteiger partial charge in [-0.1, -0.05) is 6.07 Å². The Kier molecular flexibility index (Phi) is 3.60. The van der Waals surface area contributed by atoms with E-state index in [4.69, 9.17) is 0 Å². The van der Waals surface area contributed by atoms with Gasteiger partial charge < -0.3 is 5.32 Å². The van der Waals surface area contributed by atoms with Gasteiger partial charge in [0.1, 0.15) is 6.04 Å². The quantitative estimate of drug-likeness (QED) is 0.822. The van der Waals surface area contributed by atoms with Crippen LogP contribution in [0.5, 0.6) is 0 Å². The van der Waals surface area contributed by atoms with Crippen molar-refractivity contribution in [2.45, 2.75) is 45.2 Å². The van der Waals surface area contributed by atoms with E-state index in [0.29, 0.717) is 6.42 Å². The fraction of sp³-hybridized carbons (Fsp3) is 0.438. The van der Waals surface area contributed by atoms with Crippen molar-refractivity contribution < 1.29 is 14.4 Å². The van der Waals surface area contributed by atoms with Gasteiger partial charge in [0.05, 0.1) is 12.1 Å². The standard InChI is InChI=1S/C16H19N3O3/c1-9(2)17-11-4-3-5-12-10(11)8-15(21)19(12)13-6-7-14(20)18-16(13)22/h3-5,9,13,17H,6-8H2,1-2H3,(H,18,20,22). The molecule has 3 rings (SSSR count). The molecular formula is C16H19N3O3. The summed E-state index contributed by atoms with van der Waals surface area (Å²) in [7, 11) is 0. The van der Waals surface area contributed by atoms with E-state index in [9.17, 15) is 14.4 Å². The van der Waals surface area contributed by atoms with Crippen LogP contribution in [0.1, 0.15) is 32.3 Å². The Labute approximate surface area is 128 Å². The number of carbonyl (C=O) groups is 3. The van der Waals surface area contributed by atoms with Crippen molar-refractivity contribution >= 4 is 29.1 Å². The van der Waals surface area contributed by atoms with Gasteiger partial charge in [0.2, 0.25) is 17.7 Å². The maximum absolute atomic E-state index is 12.4. The summed E-state index contributed by atoms with van der Waals surface area (Å²) in [5.74, 6) is -0.759. The van der Waals surface area contributed by atoms with Gasteiger partial charge in [-0.05, 0) is 32.4 Å². The van der Waals surface area contributed by atoms with E-state index < -0.39 is 6.04 Å². The van der Waals surface area contributed by atoms with Crippen LogP contribution in [0.15, 0.2) is 18.2 Å². The Morgan fingerprint density at radius 2 is 2.05 bits per heavy atom. The highest BCUT2D eigenvalue weighted by molar-refractivity contribution is 6.11. The average molecular weight is 301 g/mol. The van der Waals surface area contributed by atoms with Crippen LogP contribution in [0.4, 0.5) is 11.4 Å². The van der Waals surface area contributed by atoms with Crippen LogP contribution in [0.2, 0.25) is 0 Å². The molecule has 0 radical (unpaired) electrons. The molecule has 1 saturated heterocycles. The Morgan fingerprint density at radius 3 is 2.73 bits per heavy atom. The highest BCUT2D eigenvalue weighted by Crippen LogP contribution is 2.37. The van der Waals surface area contributed by atoms with E-state index in [2.05, 4.69) is 10.6 Å². The van der Waals surface area contributed by atoms with E-state index in [1.807, 2.05) is 32.0 Å². The molecule has 116 valence electrons. The summed E-state index contributed by atoms with van der Waals surface area (Å²) in [6, 6.07) is 5.34. The van der Waals surface area contributed by atoms with Crippen LogP contribution < -0.4 is 15.5 Å². The molecule has 6 nitrogen and oxygen atoms in total. The predicted octanol–water partition coefficient (Wildman–Crippen LogP) is 1.20. The van der Waals surface area contributed by atoms with Crippen LogP contribution in [0.3, 0.4) is 0 Å². The first-order valence-electron chi connectivity index (χ1n) is 7.51. The SMILES string of the molecule is CC(C)Nc1cccc2c1CC(=O)N2C1CCC(=O)NC1=O. The average Bonchev–Trinajstić information content (AvgIpc) is 2.76. The van der Waals surface area contributed by atoms with Crippen LogP contribution in [0, 0.1) is 0 Å². The molecule has 0 spiro atoms. The molecule has 6 heteroatoms. The van der Waals surface area contributed by atoms with Gasteiger partial charge in [-0.2, -0.15) is 0 Å². The summed E-state index contributed by atoms with van der Waals surface area (Å²) in [6.45, 7) is 4.07. The lowest BCUT2D eigenvalue weighted by molar-refractivity contribution is -0.135. The normalized spacial score (nSPS) is 21.1. The smallest absolute Gasteiger partial charge is 0.249 e. The van der Waals surface area contributed by atoms with Gasteiger partial charge in [-0.15, -0.1) is 0 Å². The zero-order chi connectivity index (χ0) is 15.9. The number of carbonyl (C=O) groups excluding carboxylic acids is 3. The van der Waals surface area contributed by atoms with Crippen LogP contribution in [-0.2, 0) is 20.8 Å². The second-order valence-electron chi connectivity index (χ2n) is 6.01. The van der Waals surface area contributed by atoms with Gasteiger partial charge >= 0.3 is 0 Å². The Bertz CT molecular complexity index is 654. The van der Waals surface area contributed by atoms with Crippen molar-refractivity contribution in [1.29, 1.82) is 0 Å². The van der Waals surface area contributed by atoms with Crippen molar-refractivity contribution in [3.63, 3.8) is 0 Å². The second-order valence-corrected chi connectivity index (χ2v) is 6.01. The lowest BCUT2D eigenvalue weighted by atomic mass is 10.0. The van der Waals surface area contributed by atoms with Crippen molar-refractivity contribution in [3.05, 3.63) is 23.8 Å². The number of rotatable bonds is 3. The van der Waals surface area contributed by atoms with Crippen molar-refractivity contribution in [2.24, 2.45) is 0 Å². The summed E-state index contributed by atoms with van der Waals surface area (Å²) in [6.07, 6.45) is 0.917. The van der Waals surface area contributed by atoms with Crippen molar-refractivity contribution in [1.82, 2.24) is 5.32 Å². The number of hydrogen-bond donors (Lipinski definition) is 2. The van der Waals surface area contributed by atoms with Gasteiger partial charge in [0.25, 0.3) is 0 Å². The fourth-order valence-corrected chi connectivity index (χ4v) is 3.07. The third-order valence-corrected chi connectivity index (χ3v) is 3.97. The largest absolute Gasteiger partial charge is 0.383 e. The minimum absolute atomic E-state index is 0.0949. The van der Waals surface area contributed by atoms with E-state index in [-0.39, 0.29) is 36.6 Å². The number of fused-ring (bicyclic) bond motifs is 1. The van der Waals surface area contributed by atoms with Gasteiger partial charge in [-0.25, -0.2) is 0 Å². The zero-order valence-corrected chi connectivity index (χ0v) is 12.7. The van der Waals surface area contributed by atoms with E-state index in [1.54, 1.807) is 4.90 Å². The topological polar surface area (TPSA) is 78.5 Å². The van der Waals surface area contributed by atoms with Crippen LogP contribution >= 0.6 is 0 Å². The molecule has 22 heavy (non-hydrogen) atoms. The number of anilines is 2. The fourth-order valence-electron chi connectivity index (χ4n) is 3.07. The zero-order valence-electron chi connectivity index (χ0n) is 12.7. The predicted molar refractivity (Wildman–Crippen MR) is 82.6 cm³/mol. The Hall–Kier alpha value is -2.37. The lowest BCUT2D eigenvalue weighted by Crippen LogP contribution is -2.53. The molecule has 1 unspecified atom stereocenters. The van der Waals surface area contributed by atoms with Gasteiger partial charge in [0.15, 0.2) is 0 Å². The van der Waals surface area contributed by atoms with E-state index >= 15 is 0 Å². The molecule has 2 aliphatic heterocycles. The Balaban J connectivity index is 1.95. The van der Waals surface area contributed by atoms with Gasteiger partial charge in [0, 0.05) is 23.7 Å². The third kappa shape index (κ3) is 2.45. The molecule has 1 aromatic carbocycles. The highest BCUT2D eigenvalue weighted by Gasteiger charge is 2.40. The molecule has 3 amide bonds. The number of nitrogens with zero attached hydrogens (tertiary/aromatic N) is 1. The maximum Gasteiger partial charge on any atom is 0.249 e. The van der Waals surface area contributed by atoms with Crippen molar-refractivity contribution in [3.8, 4) is 0 Å². The lowest BCUT2D eigenvalue weighted by Gasteiger charge is -2.30. The third-order valence-electron chi connectivity index (χ3n) is 3.97. The molecule has 0 bridgehead atoms. The number of imide groups is 1. The number of hydrogen-bond acceptors (Lipinski definition) is 4. The minimum atomic E-state index is -0.597. The monoisotopic (exact) mass is 301 g/mol. The maximum atomic E-state index is 12.4. The first kappa shape index (κ1) is 14.6. The van der Waals surface area contributed by atoms with E-state index in [0.717, 1.165) is 16.9 Å². The first-order valence-corrected chi connectivity index (χ1v) is 7.51.